The minimum Gasteiger partial charge on any atom is -0.461 e. The first-order valence-corrected chi connectivity index (χ1v) is 19.6. The lowest BCUT2D eigenvalue weighted by Crippen LogP contribution is -2.35. The predicted octanol–water partition coefficient (Wildman–Crippen LogP) is 12.8. The fourth-order valence-corrected chi connectivity index (χ4v) is 9.49. The Labute approximate surface area is 327 Å². The van der Waals surface area contributed by atoms with Crippen LogP contribution in [-0.4, -0.2) is 9.97 Å². The lowest BCUT2D eigenvalue weighted by atomic mass is 9.64. The van der Waals surface area contributed by atoms with Gasteiger partial charge < -0.3 is 4.74 Å². The van der Waals surface area contributed by atoms with Crippen LogP contribution in [-0.2, 0) is 5.41 Å². The molecule has 3 nitrogen and oxygen atoms in total. The average molecular weight is 719 g/mol. The Bertz CT molecular complexity index is 2690. The molecule has 1 spiro atoms. The second-order valence-corrected chi connectivity index (χ2v) is 15.1. The van der Waals surface area contributed by atoms with Crippen molar-refractivity contribution in [2.75, 3.05) is 0 Å². The molecule has 0 saturated carbocycles. The maximum absolute atomic E-state index is 6.87. The molecular formula is C53H38N2O. The number of rotatable bonds is 5. The van der Waals surface area contributed by atoms with E-state index in [0.29, 0.717) is 0 Å². The van der Waals surface area contributed by atoms with Gasteiger partial charge in [0.15, 0.2) is 5.82 Å². The molecule has 7 aromatic rings. The standard InChI is InChI=1S/C53H38N2O/c1-3-15-37(16-4-1)48-34-49(55-52(54-48)38-17-5-2-6-18-38)43-22-8-7-19-40(43)36-29-27-35(28-30-36)39-31-32-47-51(33-39)56-50-26-14-13-25-46(50)53(47)44-23-11-9-20-41(44)42-21-10-12-24-45(42)53/h1-7,9-21,23-32,34,39H,8,22,33H2. The minimum absolute atomic E-state index is 0.191. The Kier molecular flexibility index (Phi) is 7.67. The second-order valence-electron chi connectivity index (χ2n) is 15.1. The van der Waals surface area contributed by atoms with Crippen LogP contribution in [0, 0.1) is 0 Å². The number of benzene rings is 6. The van der Waals surface area contributed by atoms with Crippen LogP contribution < -0.4 is 4.74 Å². The molecule has 3 heteroatoms. The molecule has 0 N–H and O–H groups in total. The normalized spacial score (nSPS) is 17.2. The van der Waals surface area contributed by atoms with E-state index in [-0.39, 0.29) is 5.92 Å². The van der Waals surface area contributed by atoms with Gasteiger partial charge in [-0.25, -0.2) is 9.97 Å². The maximum Gasteiger partial charge on any atom is 0.160 e. The van der Waals surface area contributed by atoms with Gasteiger partial charge in [-0.05, 0) is 69.5 Å². The van der Waals surface area contributed by atoms with E-state index in [1.54, 1.807) is 0 Å². The van der Waals surface area contributed by atoms with Gasteiger partial charge in [0.1, 0.15) is 11.5 Å². The van der Waals surface area contributed by atoms with Crippen LogP contribution in [0.2, 0.25) is 0 Å². The summed E-state index contributed by atoms with van der Waals surface area (Å²) in [7, 11) is 0. The number of ether oxygens (including phenoxy) is 1. The molecule has 2 heterocycles. The van der Waals surface area contributed by atoms with Crippen molar-refractivity contribution < 1.29 is 4.74 Å². The van der Waals surface area contributed by atoms with Gasteiger partial charge in [0.25, 0.3) is 0 Å². The zero-order chi connectivity index (χ0) is 37.1. The van der Waals surface area contributed by atoms with Gasteiger partial charge in [-0.1, -0.05) is 176 Å². The van der Waals surface area contributed by atoms with Crippen molar-refractivity contribution in [3.8, 4) is 39.5 Å². The number of hydrogen-bond acceptors (Lipinski definition) is 3. The number of fused-ring (bicyclic) bond motifs is 8. The molecule has 1 aromatic heterocycles. The predicted molar refractivity (Wildman–Crippen MR) is 227 cm³/mol. The van der Waals surface area contributed by atoms with Crippen LogP contribution in [0.3, 0.4) is 0 Å². The van der Waals surface area contributed by atoms with E-state index in [4.69, 9.17) is 14.7 Å². The van der Waals surface area contributed by atoms with Gasteiger partial charge >= 0.3 is 0 Å². The molecule has 0 radical (unpaired) electrons. The van der Waals surface area contributed by atoms with Crippen molar-refractivity contribution in [2.45, 2.75) is 30.6 Å². The van der Waals surface area contributed by atoms with E-state index in [2.05, 4.69) is 164 Å². The zero-order valence-corrected chi connectivity index (χ0v) is 30.9. The molecule has 266 valence electrons. The SMILES string of the molecule is C1=CC(c2ccc(C3C=CC4=C(C3)Oc3ccccc3C43c4ccccc4-c4ccccc43)cc2)=C(c2cc(-c3ccccc3)nc(-c3ccccc3)n2)CC1. The Balaban J connectivity index is 0.963. The Morgan fingerprint density at radius 1 is 0.554 bits per heavy atom. The summed E-state index contributed by atoms with van der Waals surface area (Å²) in [5.74, 6) is 2.94. The van der Waals surface area contributed by atoms with Crippen LogP contribution >= 0.6 is 0 Å². The number of allylic oxidation sites excluding steroid dienone is 8. The molecule has 0 bridgehead atoms. The second kappa shape index (κ2) is 13.2. The third-order valence-electron chi connectivity index (χ3n) is 12.0. The van der Waals surface area contributed by atoms with Crippen LogP contribution in [0.1, 0.15) is 58.7 Å². The van der Waals surface area contributed by atoms with E-state index in [0.717, 1.165) is 59.1 Å². The molecule has 1 unspecified atom stereocenters. The largest absolute Gasteiger partial charge is 0.461 e. The van der Waals surface area contributed by atoms with E-state index in [1.165, 1.54) is 55.7 Å². The van der Waals surface area contributed by atoms with Gasteiger partial charge in [-0.2, -0.15) is 0 Å². The summed E-state index contributed by atoms with van der Waals surface area (Å²) in [5.41, 5.74) is 16.3. The molecule has 0 amide bonds. The number of nitrogens with zero attached hydrogens (tertiary/aromatic N) is 2. The minimum atomic E-state index is -0.416. The van der Waals surface area contributed by atoms with Crippen molar-refractivity contribution in [2.24, 2.45) is 0 Å². The zero-order valence-electron chi connectivity index (χ0n) is 30.9. The van der Waals surface area contributed by atoms with Crippen LogP contribution in [0.15, 0.2) is 199 Å². The number of aromatic nitrogens is 2. The lowest BCUT2D eigenvalue weighted by molar-refractivity contribution is 0.357. The molecule has 1 aliphatic heterocycles. The molecule has 3 aliphatic carbocycles. The maximum atomic E-state index is 6.87. The highest BCUT2D eigenvalue weighted by atomic mass is 16.5. The summed E-state index contributed by atoms with van der Waals surface area (Å²) in [6, 6.07) is 58.6. The third kappa shape index (κ3) is 5.12. The summed E-state index contributed by atoms with van der Waals surface area (Å²) in [5, 5.41) is 0. The molecule has 11 rings (SSSR count). The van der Waals surface area contributed by atoms with Crippen molar-refractivity contribution >= 4 is 11.1 Å². The first-order valence-electron chi connectivity index (χ1n) is 19.6. The van der Waals surface area contributed by atoms with Crippen molar-refractivity contribution in [3.05, 3.63) is 233 Å². The molecule has 6 aromatic carbocycles. The highest BCUT2D eigenvalue weighted by Gasteiger charge is 2.52. The monoisotopic (exact) mass is 718 g/mol. The summed E-state index contributed by atoms with van der Waals surface area (Å²) in [4.78, 5) is 10.2. The van der Waals surface area contributed by atoms with E-state index in [9.17, 15) is 0 Å². The van der Waals surface area contributed by atoms with E-state index in [1.807, 2.05) is 24.3 Å². The van der Waals surface area contributed by atoms with Gasteiger partial charge in [0, 0.05) is 34.6 Å². The van der Waals surface area contributed by atoms with Gasteiger partial charge in [0.2, 0.25) is 0 Å². The molecule has 4 aliphatic rings. The first kappa shape index (κ1) is 32.6. The van der Waals surface area contributed by atoms with Gasteiger partial charge in [0.05, 0.1) is 16.8 Å². The molecule has 0 fully saturated rings. The van der Waals surface area contributed by atoms with E-state index >= 15 is 0 Å². The quantitative estimate of drug-likeness (QED) is 0.178. The Morgan fingerprint density at radius 2 is 1.18 bits per heavy atom. The van der Waals surface area contributed by atoms with Crippen LogP contribution in [0.25, 0.3) is 44.9 Å². The van der Waals surface area contributed by atoms with Crippen molar-refractivity contribution in [3.63, 3.8) is 0 Å². The highest BCUT2D eigenvalue weighted by molar-refractivity contribution is 5.96. The van der Waals surface area contributed by atoms with Gasteiger partial charge in [-0.3, -0.25) is 0 Å². The molecular weight excluding hydrogens is 681 g/mol. The third-order valence-corrected chi connectivity index (χ3v) is 12.0. The average Bonchev–Trinajstić information content (AvgIpc) is 3.57. The van der Waals surface area contributed by atoms with Crippen molar-refractivity contribution in [1.82, 2.24) is 9.97 Å². The Hall–Kier alpha value is -6.84. The summed E-state index contributed by atoms with van der Waals surface area (Å²) >= 11 is 0. The van der Waals surface area contributed by atoms with Crippen LogP contribution in [0.5, 0.6) is 5.75 Å². The molecule has 0 saturated heterocycles. The molecule has 56 heavy (non-hydrogen) atoms. The Morgan fingerprint density at radius 3 is 1.91 bits per heavy atom. The smallest absolute Gasteiger partial charge is 0.160 e. The topological polar surface area (TPSA) is 35.0 Å². The fraction of sp³-hybridized carbons (Fsp3) is 0.0943. The number of para-hydroxylation sites is 1. The first-order chi connectivity index (χ1) is 27.8. The molecule has 1 atom stereocenters. The lowest BCUT2D eigenvalue weighted by Gasteiger charge is -2.42. The number of hydrogen-bond donors (Lipinski definition) is 0. The van der Waals surface area contributed by atoms with Gasteiger partial charge in [-0.15, -0.1) is 0 Å². The summed E-state index contributed by atoms with van der Waals surface area (Å²) < 4.78 is 6.87. The fourth-order valence-electron chi connectivity index (χ4n) is 9.49. The summed E-state index contributed by atoms with van der Waals surface area (Å²) in [6.07, 6.45) is 12.0. The van der Waals surface area contributed by atoms with Crippen LogP contribution in [0.4, 0.5) is 0 Å². The van der Waals surface area contributed by atoms with Crippen molar-refractivity contribution in [1.29, 1.82) is 0 Å². The van der Waals surface area contributed by atoms with E-state index < -0.39 is 5.41 Å². The highest BCUT2D eigenvalue weighted by Crippen LogP contribution is 2.61. The summed E-state index contributed by atoms with van der Waals surface area (Å²) in [6.45, 7) is 0.